The Morgan fingerprint density at radius 3 is 2.27 bits per heavy atom. The Morgan fingerprint density at radius 2 is 1.61 bits per heavy atom. The van der Waals surface area contributed by atoms with Crippen molar-refractivity contribution < 1.29 is 21.6 Å². The molecule has 0 unspecified atom stereocenters. The molecule has 4 rings (SSSR count). The lowest BCUT2D eigenvalue weighted by atomic mass is 10.1. The largest absolute Gasteiger partial charge is 0.455 e. The smallest absolute Gasteiger partial charge is 0.276 e. The van der Waals surface area contributed by atoms with Gasteiger partial charge in [-0.05, 0) is 61.7 Å². The zero-order valence-electron chi connectivity index (χ0n) is 18.1. The first-order valence-corrected chi connectivity index (χ1v) is 13.5. The number of ether oxygens (including phenoxy) is 1. The Bertz CT molecular complexity index is 1420. The molecule has 0 aromatic heterocycles. The maximum atomic E-state index is 12.6. The topological polar surface area (TPSA) is 114 Å². The molecule has 0 heterocycles. The summed E-state index contributed by atoms with van der Waals surface area (Å²) in [5.41, 5.74) is 3.35. The molecule has 172 valence electrons. The van der Waals surface area contributed by atoms with Gasteiger partial charge in [0.25, 0.3) is 10.0 Å². The van der Waals surface area contributed by atoms with E-state index < -0.39 is 20.0 Å². The average molecular weight is 486 g/mol. The van der Waals surface area contributed by atoms with Crippen LogP contribution in [0.3, 0.4) is 0 Å². The van der Waals surface area contributed by atoms with Crippen LogP contribution in [0, 0.1) is 6.92 Å². The second-order valence-corrected chi connectivity index (χ2v) is 11.2. The van der Waals surface area contributed by atoms with E-state index in [0.29, 0.717) is 41.3 Å². The van der Waals surface area contributed by atoms with Gasteiger partial charge in [-0.15, -0.1) is 0 Å². The molecule has 0 saturated carbocycles. The molecule has 0 amide bonds. The van der Waals surface area contributed by atoms with E-state index in [1.54, 1.807) is 48.5 Å². The van der Waals surface area contributed by atoms with E-state index in [4.69, 9.17) is 4.74 Å². The molecule has 33 heavy (non-hydrogen) atoms. The monoisotopic (exact) mass is 485 g/mol. The predicted octanol–water partition coefficient (Wildman–Crippen LogP) is 3.79. The van der Waals surface area contributed by atoms with E-state index in [9.17, 15) is 16.8 Å². The lowest BCUT2D eigenvalue weighted by molar-refractivity contribution is 0.484. The van der Waals surface area contributed by atoms with Gasteiger partial charge in [-0.2, -0.15) is 18.4 Å². The standard InChI is InChI=1S/C23H23N3O5S2/c1-16-8-11-19(12-9-16)33(29,30)26-24-21-13-10-17-14-22(25-32(2,27)28)23(15-20(17)21)31-18-6-4-3-5-7-18/h3-9,11-12,14-15,25-26H,10,13H2,1-2H3/b24-21-. The normalized spacial score (nSPS) is 14.7. The van der Waals surface area contributed by atoms with Gasteiger partial charge in [0.1, 0.15) is 5.75 Å². The van der Waals surface area contributed by atoms with Crippen LogP contribution in [0.5, 0.6) is 11.5 Å². The number of benzene rings is 3. The second kappa shape index (κ2) is 8.87. The molecule has 1 aliphatic rings. The van der Waals surface area contributed by atoms with Crippen LogP contribution in [0.2, 0.25) is 0 Å². The molecular formula is C23H23N3O5S2. The van der Waals surface area contributed by atoms with Crippen LogP contribution in [0.15, 0.2) is 76.7 Å². The fourth-order valence-corrected chi connectivity index (χ4v) is 4.86. The molecule has 0 atom stereocenters. The number of nitrogens with zero attached hydrogens (tertiary/aromatic N) is 1. The molecule has 3 aromatic carbocycles. The van der Waals surface area contributed by atoms with Crippen molar-refractivity contribution in [1.82, 2.24) is 4.83 Å². The second-order valence-electron chi connectivity index (χ2n) is 7.76. The van der Waals surface area contributed by atoms with Crippen molar-refractivity contribution in [2.75, 3.05) is 11.0 Å². The quantitative estimate of drug-likeness (QED) is 0.494. The third-order valence-corrected chi connectivity index (χ3v) is 6.86. The summed E-state index contributed by atoms with van der Waals surface area (Å²) < 4.78 is 57.4. The highest BCUT2D eigenvalue weighted by molar-refractivity contribution is 7.92. The summed E-state index contributed by atoms with van der Waals surface area (Å²) in [6.45, 7) is 1.88. The van der Waals surface area contributed by atoms with Crippen LogP contribution in [-0.4, -0.2) is 28.8 Å². The van der Waals surface area contributed by atoms with Gasteiger partial charge in [0.15, 0.2) is 5.75 Å². The molecular weight excluding hydrogens is 462 g/mol. The third kappa shape index (κ3) is 5.52. The van der Waals surface area contributed by atoms with Crippen LogP contribution in [0.25, 0.3) is 0 Å². The maximum Gasteiger partial charge on any atom is 0.276 e. The molecule has 8 nitrogen and oxygen atoms in total. The summed E-state index contributed by atoms with van der Waals surface area (Å²) in [7, 11) is -7.36. The van der Waals surface area contributed by atoms with Gasteiger partial charge < -0.3 is 4.74 Å². The van der Waals surface area contributed by atoms with E-state index in [-0.39, 0.29) is 4.90 Å². The van der Waals surface area contributed by atoms with Gasteiger partial charge in [0.05, 0.1) is 22.6 Å². The first kappa shape index (κ1) is 22.8. The fourth-order valence-electron chi connectivity index (χ4n) is 3.47. The molecule has 0 aliphatic heterocycles. The van der Waals surface area contributed by atoms with Crippen LogP contribution in [0.4, 0.5) is 5.69 Å². The number of sulfonamides is 2. The summed E-state index contributed by atoms with van der Waals surface area (Å²) in [6.07, 6.45) is 2.16. The van der Waals surface area contributed by atoms with Crippen molar-refractivity contribution >= 4 is 31.4 Å². The van der Waals surface area contributed by atoms with Crippen molar-refractivity contribution in [3.05, 3.63) is 83.4 Å². The number of rotatable bonds is 7. The minimum atomic E-state index is -3.82. The van der Waals surface area contributed by atoms with E-state index >= 15 is 0 Å². The number of hydrazone groups is 1. The lowest BCUT2D eigenvalue weighted by Gasteiger charge is -2.14. The van der Waals surface area contributed by atoms with Gasteiger partial charge in [-0.1, -0.05) is 35.9 Å². The summed E-state index contributed by atoms with van der Waals surface area (Å²) in [5, 5.41) is 4.17. The molecule has 0 spiro atoms. The fraction of sp³-hybridized carbons (Fsp3) is 0.174. The number of aryl methyl sites for hydroxylation is 2. The van der Waals surface area contributed by atoms with Gasteiger partial charge in [0.2, 0.25) is 10.0 Å². The lowest BCUT2D eigenvalue weighted by Crippen LogP contribution is -2.20. The third-order valence-electron chi connectivity index (χ3n) is 5.05. The summed E-state index contributed by atoms with van der Waals surface area (Å²) in [4.78, 5) is 2.43. The summed E-state index contributed by atoms with van der Waals surface area (Å²) >= 11 is 0. The Morgan fingerprint density at radius 1 is 0.909 bits per heavy atom. The molecule has 2 N–H and O–H groups in total. The summed E-state index contributed by atoms with van der Waals surface area (Å²) in [6, 6.07) is 18.8. The van der Waals surface area contributed by atoms with Crippen LogP contribution in [-0.2, 0) is 26.5 Å². The van der Waals surface area contributed by atoms with Crippen LogP contribution in [0.1, 0.15) is 23.1 Å². The zero-order chi connectivity index (χ0) is 23.6. The van der Waals surface area contributed by atoms with Crippen LogP contribution < -0.4 is 14.3 Å². The molecule has 1 aliphatic carbocycles. The van der Waals surface area contributed by atoms with Crippen molar-refractivity contribution in [2.24, 2.45) is 5.10 Å². The van der Waals surface area contributed by atoms with Crippen molar-refractivity contribution in [1.29, 1.82) is 0 Å². The molecule has 10 heteroatoms. The Kier molecular flexibility index (Phi) is 6.13. The average Bonchev–Trinajstić information content (AvgIpc) is 3.14. The van der Waals surface area contributed by atoms with Crippen molar-refractivity contribution in [3.63, 3.8) is 0 Å². The first-order valence-electron chi connectivity index (χ1n) is 10.1. The number of fused-ring (bicyclic) bond motifs is 1. The predicted molar refractivity (Wildman–Crippen MR) is 128 cm³/mol. The van der Waals surface area contributed by atoms with Crippen molar-refractivity contribution in [3.8, 4) is 11.5 Å². The zero-order valence-corrected chi connectivity index (χ0v) is 19.7. The molecule has 0 bridgehead atoms. The number of para-hydroxylation sites is 1. The highest BCUT2D eigenvalue weighted by atomic mass is 32.2. The molecule has 0 saturated heterocycles. The molecule has 0 fully saturated rings. The van der Waals surface area contributed by atoms with E-state index in [1.807, 2.05) is 13.0 Å². The van der Waals surface area contributed by atoms with Crippen molar-refractivity contribution in [2.45, 2.75) is 24.7 Å². The Labute approximate surface area is 193 Å². The highest BCUT2D eigenvalue weighted by Crippen LogP contribution is 2.36. The minimum absolute atomic E-state index is 0.122. The van der Waals surface area contributed by atoms with E-state index in [2.05, 4.69) is 14.7 Å². The van der Waals surface area contributed by atoms with Gasteiger partial charge in [-0.3, -0.25) is 4.72 Å². The van der Waals surface area contributed by atoms with E-state index in [0.717, 1.165) is 17.4 Å². The Hall–Kier alpha value is -3.37. The SMILES string of the molecule is Cc1ccc(S(=O)(=O)N/N=C2/CCc3cc(NS(C)(=O)=O)c(Oc4ccccc4)cc32)cc1. The molecule has 3 aromatic rings. The first-order chi connectivity index (χ1) is 15.6. The number of anilines is 1. The Balaban J connectivity index is 1.68. The van der Waals surface area contributed by atoms with Gasteiger partial charge in [-0.25, -0.2) is 8.42 Å². The van der Waals surface area contributed by atoms with Crippen LogP contribution >= 0.6 is 0 Å². The van der Waals surface area contributed by atoms with E-state index in [1.165, 1.54) is 12.1 Å². The number of nitrogens with one attached hydrogen (secondary N) is 2. The van der Waals surface area contributed by atoms with Gasteiger partial charge in [0, 0.05) is 5.56 Å². The highest BCUT2D eigenvalue weighted by Gasteiger charge is 2.24. The maximum absolute atomic E-state index is 12.6. The molecule has 0 radical (unpaired) electrons. The minimum Gasteiger partial charge on any atom is -0.455 e. The summed E-state index contributed by atoms with van der Waals surface area (Å²) in [5.74, 6) is 0.826. The number of hydrogen-bond donors (Lipinski definition) is 2. The number of hydrogen-bond acceptors (Lipinski definition) is 6. The van der Waals surface area contributed by atoms with Gasteiger partial charge >= 0.3 is 0 Å².